The minimum atomic E-state index is -3.94. The van der Waals surface area contributed by atoms with Gasteiger partial charge in [0.05, 0.1) is 4.90 Å². The van der Waals surface area contributed by atoms with Crippen LogP contribution in [0, 0.1) is 12.3 Å². The number of rotatable bonds is 5. The molecule has 1 saturated carbocycles. The van der Waals surface area contributed by atoms with Crippen molar-refractivity contribution in [2.24, 2.45) is 5.41 Å². The van der Waals surface area contributed by atoms with Crippen LogP contribution in [0.25, 0.3) is 0 Å². The van der Waals surface area contributed by atoms with Crippen LogP contribution in [0.15, 0.2) is 17.0 Å². The number of amides is 1. The van der Waals surface area contributed by atoms with Crippen LogP contribution < -0.4 is 5.32 Å². The maximum atomic E-state index is 12.3. The maximum Gasteiger partial charge on any atom is 0.261 e. The fourth-order valence-electron chi connectivity index (χ4n) is 2.34. The van der Waals surface area contributed by atoms with E-state index in [4.69, 9.17) is 22.3 Å². The van der Waals surface area contributed by atoms with E-state index in [0.717, 1.165) is 19.3 Å². The predicted molar refractivity (Wildman–Crippen MR) is 83.5 cm³/mol. The van der Waals surface area contributed by atoms with Crippen molar-refractivity contribution in [3.05, 3.63) is 28.3 Å². The van der Waals surface area contributed by atoms with Crippen LogP contribution in [0.5, 0.6) is 0 Å². The molecule has 4 nitrogen and oxygen atoms in total. The lowest BCUT2D eigenvalue weighted by Crippen LogP contribution is -2.30. The summed E-state index contributed by atoms with van der Waals surface area (Å²) in [6.45, 7) is 4.24. The standard InChI is InChI=1S/C14H17Cl2NO3S/c1-3-14(4-5-14)8-17-13(18)11-6-10(15)7-12(9(11)2)21(16,19)20/h6-7H,3-5,8H2,1-2H3,(H,17,18). The third-order valence-corrected chi connectivity index (χ3v) is 5.83. The summed E-state index contributed by atoms with van der Waals surface area (Å²) in [6.07, 6.45) is 3.24. The first-order valence-corrected chi connectivity index (χ1v) is 9.40. The highest BCUT2D eigenvalue weighted by molar-refractivity contribution is 8.13. The summed E-state index contributed by atoms with van der Waals surface area (Å²) in [5.41, 5.74) is 0.769. The maximum absolute atomic E-state index is 12.3. The molecule has 0 saturated heterocycles. The van der Waals surface area contributed by atoms with Gasteiger partial charge in [0.2, 0.25) is 0 Å². The lowest BCUT2D eigenvalue weighted by atomic mass is 10.0. The molecule has 0 bridgehead atoms. The Labute approximate surface area is 134 Å². The van der Waals surface area contributed by atoms with Gasteiger partial charge in [0, 0.05) is 27.8 Å². The van der Waals surface area contributed by atoms with Crippen molar-refractivity contribution >= 4 is 37.2 Å². The van der Waals surface area contributed by atoms with Crippen molar-refractivity contribution in [2.75, 3.05) is 6.54 Å². The van der Waals surface area contributed by atoms with E-state index in [1.807, 2.05) is 0 Å². The molecule has 116 valence electrons. The van der Waals surface area contributed by atoms with Crippen LogP contribution in [-0.2, 0) is 9.05 Å². The lowest BCUT2D eigenvalue weighted by Gasteiger charge is -2.15. The Bertz CT molecular complexity index is 682. The van der Waals surface area contributed by atoms with Crippen LogP contribution >= 0.6 is 22.3 Å². The van der Waals surface area contributed by atoms with E-state index in [1.54, 1.807) is 6.92 Å². The first-order chi connectivity index (χ1) is 9.68. The molecule has 7 heteroatoms. The first-order valence-electron chi connectivity index (χ1n) is 6.71. The lowest BCUT2D eigenvalue weighted by molar-refractivity contribution is 0.0943. The van der Waals surface area contributed by atoms with Crippen LogP contribution in [-0.4, -0.2) is 20.9 Å². The van der Waals surface area contributed by atoms with Gasteiger partial charge < -0.3 is 5.32 Å². The second-order valence-electron chi connectivity index (χ2n) is 5.55. The van der Waals surface area contributed by atoms with Crippen molar-refractivity contribution in [3.63, 3.8) is 0 Å². The van der Waals surface area contributed by atoms with E-state index in [-0.39, 0.29) is 26.8 Å². The van der Waals surface area contributed by atoms with E-state index in [1.165, 1.54) is 12.1 Å². The molecule has 0 radical (unpaired) electrons. The molecule has 1 aliphatic carbocycles. The molecule has 0 spiro atoms. The summed E-state index contributed by atoms with van der Waals surface area (Å²) >= 11 is 5.90. The smallest absolute Gasteiger partial charge is 0.261 e. The van der Waals surface area contributed by atoms with Gasteiger partial charge in [-0.05, 0) is 49.3 Å². The number of nitrogens with one attached hydrogen (secondary N) is 1. The third-order valence-electron chi connectivity index (χ3n) is 4.16. The van der Waals surface area contributed by atoms with Crippen molar-refractivity contribution in [3.8, 4) is 0 Å². The summed E-state index contributed by atoms with van der Waals surface area (Å²) in [5, 5.41) is 3.03. The van der Waals surface area contributed by atoms with Gasteiger partial charge in [-0.15, -0.1) is 0 Å². The highest BCUT2D eigenvalue weighted by atomic mass is 35.7. The zero-order valence-corrected chi connectivity index (χ0v) is 14.2. The van der Waals surface area contributed by atoms with Crippen molar-refractivity contribution in [2.45, 2.75) is 38.0 Å². The molecule has 0 aromatic heterocycles. The number of benzene rings is 1. The Morgan fingerprint density at radius 1 is 1.38 bits per heavy atom. The molecule has 1 amide bonds. The largest absolute Gasteiger partial charge is 0.351 e. The molecular weight excluding hydrogens is 333 g/mol. The Morgan fingerprint density at radius 2 is 2.00 bits per heavy atom. The number of carbonyl (C=O) groups excluding carboxylic acids is 1. The Balaban J connectivity index is 2.27. The summed E-state index contributed by atoms with van der Waals surface area (Å²) in [6, 6.07) is 2.72. The summed E-state index contributed by atoms with van der Waals surface area (Å²) in [7, 11) is 1.44. The predicted octanol–water partition coefficient (Wildman–Crippen LogP) is 3.50. The average Bonchev–Trinajstić information content (AvgIpc) is 3.17. The summed E-state index contributed by atoms with van der Waals surface area (Å²) in [4.78, 5) is 12.2. The monoisotopic (exact) mass is 349 g/mol. The molecule has 1 fully saturated rings. The zero-order valence-electron chi connectivity index (χ0n) is 11.9. The molecule has 1 N–H and O–H groups in total. The minimum Gasteiger partial charge on any atom is -0.351 e. The summed E-state index contributed by atoms with van der Waals surface area (Å²) < 4.78 is 23.1. The van der Waals surface area contributed by atoms with E-state index >= 15 is 0 Å². The van der Waals surface area contributed by atoms with Gasteiger partial charge in [-0.2, -0.15) is 0 Å². The molecular formula is C14H17Cl2NO3S. The fraction of sp³-hybridized carbons (Fsp3) is 0.500. The average molecular weight is 350 g/mol. The van der Waals surface area contributed by atoms with Crippen LogP contribution in [0.3, 0.4) is 0 Å². The second kappa shape index (κ2) is 5.78. The Kier molecular flexibility index (Phi) is 4.57. The Morgan fingerprint density at radius 3 is 2.48 bits per heavy atom. The Hall–Kier alpha value is -0.780. The van der Waals surface area contributed by atoms with Crippen LogP contribution in [0.2, 0.25) is 5.02 Å². The molecule has 21 heavy (non-hydrogen) atoms. The molecule has 2 rings (SSSR count). The third kappa shape index (κ3) is 3.71. The normalized spacial score (nSPS) is 16.6. The van der Waals surface area contributed by atoms with E-state index < -0.39 is 9.05 Å². The van der Waals surface area contributed by atoms with Crippen LogP contribution in [0.1, 0.15) is 42.1 Å². The van der Waals surface area contributed by atoms with Gasteiger partial charge in [-0.1, -0.05) is 18.5 Å². The van der Waals surface area contributed by atoms with E-state index in [0.29, 0.717) is 12.1 Å². The topological polar surface area (TPSA) is 63.2 Å². The second-order valence-corrected chi connectivity index (χ2v) is 8.52. The zero-order chi connectivity index (χ0) is 15.8. The van der Waals surface area contributed by atoms with Gasteiger partial charge in [0.25, 0.3) is 15.0 Å². The highest BCUT2D eigenvalue weighted by Crippen LogP contribution is 2.47. The molecule has 1 aromatic rings. The van der Waals surface area contributed by atoms with Gasteiger partial charge in [0.1, 0.15) is 0 Å². The van der Waals surface area contributed by atoms with Gasteiger partial charge >= 0.3 is 0 Å². The molecule has 0 unspecified atom stereocenters. The highest BCUT2D eigenvalue weighted by Gasteiger charge is 2.40. The van der Waals surface area contributed by atoms with Crippen LogP contribution in [0.4, 0.5) is 0 Å². The van der Waals surface area contributed by atoms with Crippen molar-refractivity contribution in [1.29, 1.82) is 0 Å². The van der Waals surface area contributed by atoms with Gasteiger partial charge in [0.15, 0.2) is 0 Å². The summed E-state index contributed by atoms with van der Waals surface area (Å²) in [5.74, 6) is -0.323. The first kappa shape index (κ1) is 16.6. The van der Waals surface area contributed by atoms with Gasteiger partial charge in [-0.3, -0.25) is 4.79 Å². The molecule has 1 aromatic carbocycles. The number of hydrogen-bond donors (Lipinski definition) is 1. The fourth-order valence-corrected chi connectivity index (χ4v) is 3.85. The molecule has 0 aliphatic heterocycles. The number of carbonyl (C=O) groups is 1. The van der Waals surface area contributed by atoms with Crippen molar-refractivity contribution in [1.82, 2.24) is 5.32 Å². The minimum absolute atomic E-state index is 0.126. The molecule has 1 aliphatic rings. The van der Waals surface area contributed by atoms with Crippen molar-refractivity contribution < 1.29 is 13.2 Å². The SMILES string of the molecule is CCC1(CNC(=O)c2cc(Cl)cc(S(=O)(=O)Cl)c2C)CC1. The van der Waals surface area contributed by atoms with E-state index in [2.05, 4.69) is 12.2 Å². The number of hydrogen-bond acceptors (Lipinski definition) is 3. The quantitative estimate of drug-likeness (QED) is 0.827. The van der Waals surface area contributed by atoms with Gasteiger partial charge in [-0.25, -0.2) is 8.42 Å². The number of halogens is 2. The molecule has 0 atom stereocenters. The molecule has 0 heterocycles. The van der Waals surface area contributed by atoms with E-state index in [9.17, 15) is 13.2 Å².